The number of hydrogen-bond acceptors (Lipinski definition) is 6. The molecule has 6 heteroatoms. The summed E-state index contributed by atoms with van der Waals surface area (Å²) in [7, 11) is 1.64. The highest BCUT2D eigenvalue weighted by molar-refractivity contribution is 6.04. The van der Waals surface area contributed by atoms with Gasteiger partial charge in [0.1, 0.15) is 5.75 Å². The van der Waals surface area contributed by atoms with Gasteiger partial charge in [0, 0.05) is 29.6 Å². The molecule has 31 heavy (non-hydrogen) atoms. The lowest BCUT2D eigenvalue weighted by atomic mass is 9.73. The molecule has 2 atom stereocenters. The number of Topliss-reactive ketones (excluding diaryl/α,β-unsaturated/α-hetero) is 1. The van der Waals surface area contributed by atoms with Gasteiger partial charge in [0.05, 0.1) is 30.9 Å². The molecule has 2 heterocycles. The first-order chi connectivity index (χ1) is 15.0. The zero-order valence-corrected chi connectivity index (χ0v) is 18.0. The summed E-state index contributed by atoms with van der Waals surface area (Å²) < 4.78 is 10.7. The summed E-state index contributed by atoms with van der Waals surface area (Å²) in [6.45, 7) is 3.89. The van der Waals surface area contributed by atoms with Gasteiger partial charge in [0.15, 0.2) is 5.78 Å². The number of rotatable bonds is 5. The van der Waals surface area contributed by atoms with Crippen molar-refractivity contribution in [3.05, 3.63) is 82.5 Å². The Morgan fingerprint density at radius 1 is 1.19 bits per heavy atom. The fourth-order valence-corrected chi connectivity index (χ4v) is 4.49. The molecule has 0 radical (unpaired) electrons. The minimum Gasteiger partial charge on any atom is -0.497 e. The number of methoxy groups -OCH3 is 1. The van der Waals surface area contributed by atoms with Gasteiger partial charge in [0.25, 0.3) is 0 Å². The number of dihydropyridines is 1. The predicted octanol–water partition coefficient (Wildman–Crippen LogP) is 4.01. The van der Waals surface area contributed by atoms with Crippen LogP contribution in [0.1, 0.15) is 49.8 Å². The minimum absolute atomic E-state index is 0.0199. The number of ether oxygens (including phenoxy) is 2. The Hall–Kier alpha value is -3.41. The number of esters is 1. The van der Waals surface area contributed by atoms with Crippen LogP contribution < -0.4 is 10.1 Å². The molecule has 2 aromatic rings. The SMILES string of the molecule is CCOC(=O)C1=C(C)NC2=C(C(=O)C[C@H](c3cccc(OC)c3)C2)[C@H]1c1ccccn1. The van der Waals surface area contributed by atoms with Gasteiger partial charge in [-0.3, -0.25) is 9.78 Å². The average molecular weight is 418 g/mol. The van der Waals surface area contributed by atoms with E-state index in [0.717, 1.165) is 17.0 Å². The average Bonchev–Trinajstić information content (AvgIpc) is 2.78. The van der Waals surface area contributed by atoms with Crippen molar-refractivity contribution in [1.82, 2.24) is 10.3 Å². The van der Waals surface area contributed by atoms with Gasteiger partial charge in [0.2, 0.25) is 0 Å². The summed E-state index contributed by atoms with van der Waals surface area (Å²) in [5, 5.41) is 3.34. The van der Waals surface area contributed by atoms with E-state index in [-0.39, 0.29) is 18.3 Å². The van der Waals surface area contributed by atoms with Crippen LogP contribution in [0.2, 0.25) is 0 Å². The third kappa shape index (κ3) is 3.98. The molecule has 0 saturated carbocycles. The van der Waals surface area contributed by atoms with Crippen molar-refractivity contribution in [3.63, 3.8) is 0 Å². The predicted molar refractivity (Wildman–Crippen MR) is 116 cm³/mol. The van der Waals surface area contributed by atoms with E-state index in [4.69, 9.17) is 9.47 Å². The number of allylic oxidation sites excluding steroid dienone is 3. The fraction of sp³-hybridized carbons (Fsp3) is 0.320. The van der Waals surface area contributed by atoms with Gasteiger partial charge in [-0.1, -0.05) is 18.2 Å². The summed E-state index contributed by atoms with van der Waals surface area (Å²) in [5.41, 5.74) is 4.36. The van der Waals surface area contributed by atoms with Crippen molar-refractivity contribution in [1.29, 1.82) is 0 Å². The number of pyridine rings is 1. The summed E-state index contributed by atoms with van der Waals surface area (Å²) in [6.07, 6.45) is 2.72. The third-order valence-corrected chi connectivity index (χ3v) is 5.87. The van der Waals surface area contributed by atoms with E-state index in [1.165, 1.54) is 0 Å². The number of nitrogens with zero attached hydrogens (tertiary/aromatic N) is 1. The second kappa shape index (κ2) is 8.76. The van der Waals surface area contributed by atoms with E-state index in [2.05, 4.69) is 10.3 Å². The van der Waals surface area contributed by atoms with Crippen molar-refractivity contribution in [2.45, 2.75) is 38.5 Å². The first-order valence-electron chi connectivity index (χ1n) is 10.5. The fourth-order valence-electron chi connectivity index (χ4n) is 4.49. The molecular weight excluding hydrogens is 392 g/mol. The molecule has 0 saturated heterocycles. The lowest BCUT2D eigenvalue weighted by Gasteiger charge is -2.36. The second-order valence-corrected chi connectivity index (χ2v) is 7.77. The van der Waals surface area contributed by atoms with Crippen LogP contribution >= 0.6 is 0 Å². The van der Waals surface area contributed by atoms with Crippen molar-refractivity contribution >= 4 is 11.8 Å². The van der Waals surface area contributed by atoms with Gasteiger partial charge >= 0.3 is 5.97 Å². The van der Waals surface area contributed by atoms with Gasteiger partial charge in [-0.2, -0.15) is 0 Å². The zero-order valence-electron chi connectivity index (χ0n) is 18.0. The summed E-state index contributed by atoms with van der Waals surface area (Å²) in [6, 6.07) is 13.4. The Morgan fingerprint density at radius 3 is 2.74 bits per heavy atom. The van der Waals surface area contributed by atoms with Gasteiger partial charge in [-0.15, -0.1) is 0 Å². The van der Waals surface area contributed by atoms with Crippen LogP contribution in [0.15, 0.2) is 71.2 Å². The zero-order chi connectivity index (χ0) is 22.0. The number of nitrogens with one attached hydrogen (secondary N) is 1. The molecule has 0 bridgehead atoms. The van der Waals surface area contributed by atoms with Crippen molar-refractivity contribution < 1.29 is 19.1 Å². The topological polar surface area (TPSA) is 77.5 Å². The maximum absolute atomic E-state index is 13.5. The van der Waals surface area contributed by atoms with Crippen molar-refractivity contribution in [3.8, 4) is 5.75 Å². The molecule has 0 unspecified atom stereocenters. The number of carbonyl (C=O) groups is 2. The van der Waals surface area contributed by atoms with Crippen LogP contribution in [0.4, 0.5) is 0 Å². The van der Waals surface area contributed by atoms with Crippen LogP contribution in [0.5, 0.6) is 5.75 Å². The highest BCUT2D eigenvalue weighted by Crippen LogP contribution is 2.45. The first kappa shape index (κ1) is 20.8. The maximum Gasteiger partial charge on any atom is 0.336 e. The molecule has 4 rings (SSSR count). The van der Waals surface area contributed by atoms with Crippen molar-refractivity contribution in [2.75, 3.05) is 13.7 Å². The molecule has 160 valence electrons. The molecule has 1 aromatic heterocycles. The van der Waals surface area contributed by atoms with Crippen LogP contribution in [-0.4, -0.2) is 30.5 Å². The molecule has 0 spiro atoms. The minimum atomic E-state index is -0.532. The molecule has 0 fully saturated rings. The van der Waals surface area contributed by atoms with Crippen LogP contribution in [-0.2, 0) is 14.3 Å². The van der Waals surface area contributed by atoms with Gasteiger partial charge in [-0.25, -0.2) is 4.79 Å². The third-order valence-electron chi connectivity index (χ3n) is 5.87. The molecule has 1 aromatic carbocycles. The summed E-state index contributed by atoms with van der Waals surface area (Å²) in [4.78, 5) is 30.8. The van der Waals surface area contributed by atoms with E-state index in [9.17, 15) is 9.59 Å². The van der Waals surface area contributed by atoms with E-state index >= 15 is 0 Å². The Bertz CT molecular complexity index is 1070. The molecule has 1 N–H and O–H groups in total. The number of carbonyl (C=O) groups excluding carboxylic acids is 2. The van der Waals surface area contributed by atoms with Crippen LogP contribution in [0.3, 0.4) is 0 Å². The highest BCUT2D eigenvalue weighted by atomic mass is 16.5. The molecule has 6 nitrogen and oxygen atoms in total. The van der Waals surface area contributed by atoms with Crippen LogP contribution in [0.25, 0.3) is 0 Å². The van der Waals surface area contributed by atoms with E-state index in [1.807, 2.05) is 49.4 Å². The highest BCUT2D eigenvalue weighted by Gasteiger charge is 2.42. The number of ketones is 1. The number of hydrogen-bond donors (Lipinski definition) is 1. The van der Waals surface area contributed by atoms with E-state index in [1.54, 1.807) is 20.2 Å². The lowest BCUT2D eigenvalue weighted by molar-refractivity contribution is -0.138. The Kier molecular flexibility index (Phi) is 5.89. The van der Waals surface area contributed by atoms with Gasteiger partial charge in [-0.05, 0) is 56.0 Å². The smallest absolute Gasteiger partial charge is 0.336 e. The largest absolute Gasteiger partial charge is 0.497 e. The monoisotopic (exact) mass is 418 g/mol. The van der Waals surface area contributed by atoms with Gasteiger partial charge < -0.3 is 14.8 Å². The maximum atomic E-state index is 13.5. The Balaban J connectivity index is 1.77. The summed E-state index contributed by atoms with van der Waals surface area (Å²) in [5.74, 6) is -0.122. The standard InChI is InChI=1S/C25H26N2O4/c1-4-31-25(29)22-15(2)27-20-13-17(16-8-7-9-18(12-16)30-3)14-21(28)23(20)24(22)19-10-5-6-11-26-19/h5-12,17,24,27H,4,13-14H2,1-3H3/t17-,24+/m1/s1. The van der Waals surface area contributed by atoms with Crippen molar-refractivity contribution in [2.24, 2.45) is 0 Å². The normalized spacial score (nSPS) is 20.8. The van der Waals surface area contributed by atoms with E-state index < -0.39 is 11.9 Å². The van der Waals surface area contributed by atoms with Crippen LogP contribution in [0, 0.1) is 0 Å². The number of benzene rings is 1. The first-order valence-corrected chi connectivity index (χ1v) is 10.5. The molecular formula is C25H26N2O4. The second-order valence-electron chi connectivity index (χ2n) is 7.77. The number of aromatic nitrogens is 1. The molecule has 1 aliphatic carbocycles. The Morgan fingerprint density at radius 2 is 2.03 bits per heavy atom. The molecule has 2 aliphatic rings. The summed E-state index contributed by atoms with van der Waals surface area (Å²) >= 11 is 0. The lowest BCUT2D eigenvalue weighted by Crippen LogP contribution is -2.36. The Labute approximate surface area is 182 Å². The molecule has 1 aliphatic heterocycles. The quantitative estimate of drug-likeness (QED) is 0.739. The van der Waals surface area contributed by atoms with E-state index in [0.29, 0.717) is 35.4 Å². The molecule has 0 amide bonds.